The molecule has 0 heterocycles. The van der Waals surface area contributed by atoms with Crippen LogP contribution in [-0.2, 0) is 64.9 Å². The van der Waals surface area contributed by atoms with Gasteiger partial charge in [-0.3, -0.25) is 14.4 Å². The highest BCUT2D eigenvalue weighted by molar-refractivity contribution is 7.88. The van der Waals surface area contributed by atoms with Crippen molar-refractivity contribution >= 4 is 39.9 Å². The van der Waals surface area contributed by atoms with E-state index in [1.165, 1.54) is 0 Å². The first-order valence-electron chi connectivity index (χ1n) is 21.4. The van der Waals surface area contributed by atoms with Crippen LogP contribution in [0.25, 0.3) is 0 Å². The highest BCUT2D eigenvalue weighted by Gasteiger charge is 2.46. The van der Waals surface area contributed by atoms with Crippen molar-refractivity contribution in [3.8, 4) is 5.75 Å². The maximum absolute atomic E-state index is 14.4. The monoisotopic (exact) mass is 898 g/mol. The molecule has 4 aromatic carbocycles. The van der Waals surface area contributed by atoms with Gasteiger partial charge in [0.1, 0.15) is 31.6 Å². The number of nitrogens with zero attached hydrogens (tertiary/aromatic N) is 1. The zero-order valence-corrected chi connectivity index (χ0v) is 36.9. The molecule has 0 bridgehead atoms. The Kier molecular flexibility index (Phi) is 18.3. The average molecular weight is 899 g/mol. The third-order valence-electron chi connectivity index (χ3n) is 11.2. The molecule has 4 aromatic rings. The summed E-state index contributed by atoms with van der Waals surface area (Å²) in [5.74, 6) is -4.50. The fraction of sp³-hybridized carbons (Fsp3) is 0.396. The summed E-state index contributed by atoms with van der Waals surface area (Å²) < 4.78 is 43.4. The SMILES string of the molecule is CS(=O)(=O)N(C[C@H](CC1(C(=O)N[C@@H](Cc2ccc(OCc3ccccc3)cc2)C(=O)OCc2ccccc2)CCCC1)C(=O)O)C(=O)[C@@H](N)CCCCNC(=O)OCc1ccccc1. The van der Waals surface area contributed by atoms with Crippen molar-refractivity contribution < 1.29 is 51.7 Å². The van der Waals surface area contributed by atoms with Gasteiger partial charge >= 0.3 is 18.0 Å². The van der Waals surface area contributed by atoms with E-state index < -0.39 is 69.8 Å². The van der Waals surface area contributed by atoms with Gasteiger partial charge < -0.3 is 35.7 Å². The number of alkyl carbamates (subject to hydrolysis) is 1. The molecule has 3 atom stereocenters. The first-order chi connectivity index (χ1) is 30.7. The van der Waals surface area contributed by atoms with Crippen molar-refractivity contribution in [2.75, 3.05) is 19.3 Å². The third-order valence-corrected chi connectivity index (χ3v) is 12.4. The van der Waals surface area contributed by atoms with E-state index in [4.69, 9.17) is 19.9 Å². The summed E-state index contributed by atoms with van der Waals surface area (Å²) in [4.78, 5) is 66.7. The van der Waals surface area contributed by atoms with Gasteiger partial charge in [0.25, 0.3) is 5.91 Å². The van der Waals surface area contributed by atoms with E-state index in [2.05, 4.69) is 10.6 Å². The number of hydrogen-bond acceptors (Lipinski definition) is 11. The van der Waals surface area contributed by atoms with Crippen LogP contribution in [0.1, 0.15) is 73.6 Å². The number of rotatable bonds is 24. The number of sulfonamides is 1. The Morgan fingerprint density at radius 3 is 1.84 bits per heavy atom. The van der Waals surface area contributed by atoms with Crippen LogP contribution in [0.3, 0.4) is 0 Å². The molecule has 0 aliphatic heterocycles. The van der Waals surface area contributed by atoms with E-state index >= 15 is 0 Å². The van der Waals surface area contributed by atoms with Gasteiger partial charge in [0.2, 0.25) is 15.9 Å². The first kappa shape index (κ1) is 48.8. The Morgan fingerprint density at radius 2 is 1.30 bits per heavy atom. The molecule has 1 aliphatic rings. The van der Waals surface area contributed by atoms with Gasteiger partial charge in [-0.2, -0.15) is 0 Å². The van der Waals surface area contributed by atoms with Crippen LogP contribution in [0, 0.1) is 11.3 Å². The Hall–Kier alpha value is -6.26. The summed E-state index contributed by atoms with van der Waals surface area (Å²) in [6.45, 7) is -0.100. The molecule has 1 fully saturated rings. The fourth-order valence-corrected chi connectivity index (χ4v) is 8.57. The topological polar surface area (TPSA) is 221 Å². The van der Waals surface area contributed by atoms with E-state index in [-0.39, 0.29) is 51.9 Å². The lowest BCUT2D eigenvalue weighted by atomic mass is 9.76. The number of ether oxygens (including phenoxy) is 3. The Bertz CT molecular complexity index is 2240. The predicted octanol–water partition coefficient (Wildman–Crippen LogP) is 5.90. The largest absolute Gasteiger partial charge is 0.489 e. The molecule has 0 unspecified atom stereocenters. The number of aliphatic carboxylic acids is 1. The zero-order valence-electron chi connectivity index (χ0n) is 36.1. The van der Waals surface area contributed by atoms with Crippen molar-refractivity contribution in [3.63, 3.8) is 0 Å². The van der Waals surface area contributed by atoms with Gasteiger partial charge in [0.05, 0.1) is 30.2 Å². The minimum atomic E-state index is -4.31. The minimum Gasteiger partial charge on any atom is -0.489 e. The van der Waals surface area contributed by atoms with Gasteiger partial charge in [-0.05, 0) is 72.9 Å². The quantitative estimate of drug-likeness (QED) is 0.0477. The molecule has 1 saturated carbocycles. The number of carboxylic acids is 1. The number of nitrogens with two attached hydrogens (primary N) is 1. The normalized spacial score (nSPS) is 14.6. The molecule has 16 heteroatoms. The minimum absolute atomic E-state index is 0.0389. The van der Waals surface area contributed by atoms with Crippen LogP contribution < -0.4 is 21.1 Å². The van der Waals surface area contributed by atoms with Gasteiger partial charge in [-0.15, -0.1) is 0 Å². The van der Waals surface area contributed by atoms with Gasteiger partial charge in [0.15, 0.2) is 0 Å². The van der Waals surface area contributed by atoms with E-state index in [0.29, 0.717) is 47.9 Å². The molecule has 5 N–H and O–H groups in total. The summed E-state index contributed by atoms with van der Waals surface area (Å²) in [6, 6.07) is 32.6. The van der Waals surface area contributed by atoms with Crippen molar-refractivity contribution in [1.29, 1.82) is 0 Å². The lowest BCUT2D eigenvalue weighted by molar-refractivity contribution is -0.151. The number of amides is 3. The van der Waals surface area contributed by atoms with Gasteiger partial charge in [0, 0.05) is 13.0 Å². The van der Waals surface area contributed by atoms with Crippen LogP contribution in [0.5, 0.6) is 5.75 Å². The summed E-state index contributed by atoms with van der Waals surface area (Å²) in [7, 11) is -4.31. The molecule has 1 aliphatic carbocycles. The Labute approximate surface area is 374 Å². The predicted molar refractivity (Wildman–Crippen MR) is 239 cm³/mol. The number of nitrogens with one attached hydrogen (secondary N) is 2. The Balaban J connectivity index is 1.22. The van der Waals surface area contributed by atoms with E-state index in [0.717, 1.165) is 22.9 Å². The molecule has 64 heavy (non-hydrogen) atoms. The van der Waals surface area contributed by atoms with Crippen LogP contribution in [0.4, 0.5) is 4.79 Å². The number of unbranched alkanes of at least 4 members (excludes halogenated alkanes) is 1. The number of esters is 1. The zero-order chi connectivity index (χ0) is 46.0. The van der Waals surface area contributed by atoms with E-state index in [9.17, 15) is 37.5 Å². The van der Waals surface area contributed by atoms with Crippen LogP contribution >= 0.6 is 0 Å². The second-order valence-corrected chi connectivity index (χ2v) is 18.1. The Morgan fingerprint density at radius 1 is 0.750 bits per heavy atom. The van der Waals surface area contributed by atoms with Crippen LogP contribution in [0.15, 0.2) is 115 Å². The van der Waals surface area contributed by atoms with Crippen molar-refractivity contribution in [2.24, 2.45) is 17.1 Å². The highest BCUT2D eigenvalue weighted by Crippen LogP contribution is 2.44. The molecule has 342 valence electrons. The number of carbonyl (C=O) groups excluding carboxylic acids is 4. The van der Waals surface area contributed by atoms with E-state index in [1.54, 1.807) is 36.4 Å². The maximum Gasteiger partial charge on any atom is 0.407 e. The molecule has 0 aromatic heterocycles. The standard InChI is InChI=1S/C48H58N4O11S/c1-64(59,60)52(43(53)41(49)21-11-14-28-50-47(58)63-34-38-19-9-4-10-20-38)31-39(44(54)55)30-48(26-12-13-27-48)46(57)51-42(45(56)62-33-37-17-7-3-8-18-37)29-35-22-24-40(25-23-35)61-32-36-15-5-2-6-16-36/h2-10,15-20,22-25,39,41-42H,11-14,21,26-34,49H2,1H3,(H,50,58)(H,51,57)(H,54,55)/t39-,41-,42-/m0/s1. The molecule has 0 spiro atoms. The summed E-state index contributed by atoms with van der Waals surface area (Å²) in [5.41, 5.74) is 8.17. The first-order valence-corrected chi connectivity index (χ1v) is 23.3. The summed E-state index contributed by atoms with van der Waals surface area (Å²) in [5, 5.41) is 16.0. The van der Waals surface area contributed by atoms with Crippen molar-refractivity contribution in [3.05, 3.63) is 138 Å². The van der Waals surface area contributed by atoms with E-state index in [1.807, 2.05) is 78.9 Å². The number of carbonyl (C=O) groups is 5. The average Bonchev–Trinajstić information content (AvgIpc) is 3.78. The number of carboxylic acid groups (broad SMARTS) is 1. The molecule has 0 radical (unpaired) electrons. The fourth-order valence-electron chi connectivity index (χ4n) is 7.66. The smallest absolute Gasteiger partial charge is 0.407 e. The van der Waals surface area contributed by atoms with Crippen molar-refractivity contribution in [1.82, 2.24) is 14.9 Å². The highest BCUT2D eigenvalue weighted by atomic mass is 32.2. The van der Waals surface area contributed by atoms with Crippen LogP contribution in [-0.4, -0.2) is 79.1 Å². The molecule has 0 saturated heterocycles. The molecular weight excluding hydrogens is 841 g/mol. The van der Waals surface area contributed by atoms with Gasteiger partial charge in [-0.25, -0.2) is 22.3 Å². The lowest BCUT2D eigenvalue weighted by Crippen LogP contribution is -2.52. The van der Waals surface area contributed by atoms with Crippen LogP contribution in [0.2, 0.25) is 0 Å². The molecular formula is C48H58N4O11S. The molecule has 3 amide bonds. The van der Waals surface area contributed by atoms with Crippen molar-refractivity contribution in [2.45, 2.75) is 89.7 Å². The lowest BCUT2D eigenvalue weighted by Gasteiger charge is -2.34. The number of hydrogen-bond donors (Lipinski definition) is 4. The summed E-state index contributed by atoms with van der Waals surface area (Å²) in [6.07, 6.45) is 2.49. The summed E-state index contributed by atoms with van der Waals surface area (Å²) >= 11 is 0. The maximum atomic E-state index is 14.4. The second-order valence-electron chi connectivity index (χ2n) is 16.2. The molecule has 15 nitrogen and oxygen atoms in total. The third kappa shape index (κ3) is 15.2. The second kappa shape index (κ2) is 24.0. The number of benzene rings is 4. The van der Waals surface area contributed by atoms with Gasteiger partial charge in [-0.1, -0.05) is 116 Å². The molecule has 5 rings (SSSR count).